The average Bonchev–Trinajstić information content (AvgIpc) is 2.48. The van der Waals surface area contributed by atoms with Crippen molar-refractivity contribution in [3.05, 3.63) is 44.7 Å². The van der Waals surface area contributed by atoms with Gasteiger partial charge < -0.3 is 15.6 Å². The van der Waals surface area contributed by atoms with Crippen LogP contribution in [0.2, 0.25) is 0 Å². The summed E-state index contributed by atoms with van der Waals surface area (Å²) in [4.78, 5) is 27.0. The Labute approximate surface area is 142 Å². The molecule has 0 bridgehead atoms. The van der Waals surface area contributed by atoms with Crippen molar-refractivity contribution in [3.8, 4) is 0 Å². The molecule has 0 radical (unpaired) electrons. The van der Waals surface area contributed by atoms with Crippen LogP contribution in [0, 0.1) is 0 Å². The molecular weight excluding hydrogens is 370 g/mol. The Hall–Kier alpha value is -1.37. The maximum absolute atomic E-state index is 12.5. The van der Waals surface area contributed by atoms with E-state index in [2.05, 4.69) is 31.5 Å². The number of piperidine rings is 1. The molecule has 2 heterocycles. The number of H-pyrrole nitrogens is 1. The van der Waals surface area contributed by atoms with E-state index >= 15 is 0 Å². The average molecular weight is 387 g/mol. The van der Waals surface area contributed by atoms with Crippen molar-refractivity contribution in [1.29, 1.82) is 0 Å². The summed E-state index contributed by atoms with van der Waals surface area (Å²) < 4.78 is 0.871. The fourth-order valence-corrected chi connectivity index (χ4v) is 3.01. The quantitative estimate of drug-likeness (QED) is 0.741. The number of nitrogens with one attached hydrogen (secondary N) is 3. The lowest BCUT2D eigenvalue weighted by atomic mass is 10.1. The summed E-state index contributed by atoms with van der Waals surface area (Å²) in [6, 6.07) is 6.96. The molecule has 0 saturated carbocycles. The largest absolute Gasteiger partial charge is 0.348 e. The van der Waals surface area contributed by atoms with Gasteiger partial charge in [0.05, 0.1) is 5.56 Å². The third kappa shape index (κ3) is 3.69. The fourth-order valence-electron chi connectivity index (χ4n) is 2.65. The second-order valence-corrected chi connectivity index (χ2v) is 6.17. The number of aromatic amines is 1. The normalized spacial score (nSPS) is 17.8. The molecule has 1 saturated heterocycles. The summed E-state index contributed by atoms with van der Waals surface area (Å²) in [6.45, 7) is 1.77. The molecule has 1 aliphatic rings. The molecule has 22 heavy (non-hydrogen) atoms. The molecule has 2 aromatic rings. The van der Waals surface area contributed by atoms with Crippen LogP contribution in [0.1, 0.15) is 23.2 Å². The molecular formula is C15H17BrClN3O2. The third-order valence-corrected chi connectivity index (χ3v) is 4.18. The van der Waals surface area contributed by atoms with Crippen molar-refractivity contribution >= 4 is 45.1 Å². The number of hydrogen-bond acceptors (Lipinski definition) is 3. The van der Waals surface area contributed by atoms with Crippen molar-refractivity contribution < 1.29 is 4.79 Å². The van der Waals surface area contributed by atoms with Gasteiger partial charge in [-0.2, -0.15) is 0 Å². The molecule has 1 aromatic carbocycles. The van der Waals surface area contributed by atoms with E-state index in [-0.39, 0.29) is 29.9 Å². The Morgan fingerprint density at radius 2 is 2.14 bits per heavy atom. The topological polar surface area (TPSA) is 74.0 Å². The predicted octanol–water partition coefficient (Wildman–Crippen LogP) is 2.19. The minimum atomic E-state index is -0.267. The van der Waals surface area contributed by atoms with Crippen LogP contribution in [-0.4, -0.2) is 30.0 Å². The van der Waals surface area contributed by atoms with Crippen LogP contribution in [0.4, 0.5) is 0 Å². The highest BCUT2D eigenvalue weighted by molar-refractivity contribution is 9.10. The molecule has 1 fully saturated rings. The third-order valence-electron chi connectivity index (χ3n) is 3.68. The van der Waals surface area contributed by atoms with E-state index in [0.717, 1.165) is 35.8 Å². The minimum absolute atomic E-state index is 0. The number of hydrogen-bond donors (Lipinski definition) is 3. The maximum Gasteiger partial charge on any atom is 0.252 e. The lowest BCUT2D eigenvalue weighted by Gasteiger charge is -2.24. The number of amides is 1. The molecule has 5 nitrogen and oxygen atoms in total. The van der Waals surface area contributed by atoms with Crippen LogP contribution in [0.15, 0.2) is 33.5 Å². The van der Waals surface area contributed by atoms with Gasteiger partial charge in [-0.15, -0.1) is 12.4 Å². The first kappa shape index (κ1) is 17.0. The van der Waals surface area contributed by atoms with Gasteiger partial charge in [-0.05, 0) is 37.6 Å². The van der Waals surface area contributed by atoms with Crippen LogP contribution in [0.25, 0.3) is 10.9 Å². The maximum atomic E-state index is 12.5. The molecule has 7 heteroatoms. The van der Waals surface area contributed by atoms with Crippen LogP contribution in [0.3, 0.4) is 0 Å². The number of carbonyl (C=O) groups excluding carboxylic acids is 1. The van der Waals surface area contributed by atoms with Crippen molar-refractivity contribution in [2.45, 2.75) is 18.9 Å². The number of pyridine rings is 1. The van der Waals surface area contributed by atoms with Gasteiger partial charge in [0.25, 0.3) is 5.91 Å². The second-order valence-electron chi connectivity index (χ2n) is 5.25. The zero-order valence-electron chi connectivity index (χ0n) is 11.8. The Balaban J connectivity index is 0.00000176. The van der Waals surface area contributed by atoms with Gasteiger partial charge >= 0.3 is 0 Å². The summed E-state index contributed by atoms with van der Waals surface area (Å²) in [5.41, 5.74) is 0.815. The molecule has 3 N–H and O–H groups in total. The minimum Gasteiger partial charge on any atom is -0.348 e. The van der Waals surface area contributed by atoms with E-state index in [9.17, 15) is 9.59 Å². The highest BCUT2D eigenvalue weighted by atomic mass is 79.9. The zero-order chi connectivity index (χ0) is 14.8. The first-order valence-corrected chi connectivity index (χ1v) is 7.77. The van der Waals surface area contributed by atoms with Crippen LogP contribution in [-0.2, 0) is 0 Å². The lowest BCUT2D eigenvalue weighted by Crippen LogP contribution is -2.45. The Morgan fingerprint density at radius 1 is 1.32 bits per heavy atom. The smallest absolute Gasteiger partial charge is 0.252 e. The molecule has 1 atom stereocenters. The SMILES string of the molecule is Cl.O=C(NC1CCCNC1)c1cc(=O)[nH]c2ccc(Br)cc12. The lowest BCUT2D eigenvalue weighted by molar-refractivity contribution is 0.0932. The Morgan fingerprint density at radius 3 is 2.86 bits per heavy atom. The van der Waals surface area contributed by atoms with Crippen molar-refractivity contribution in [2.24, 2.45) is 0 Å². The van der Waals surface area contributed by atoms with Crippen molar-refractivity contribution in [3.63, 3.8) is 0 Å². The molecule has 1 amide bonds. The van der Waals surface area contributed by atoms with E-state index in [0.29, 0.717) is 11.1 Å². The predicted molar refractivity (Wildman–Crippen MR) is 92.9 cm³/mol. The van der Waals surface area contributed by atoms with Crippen molar-refractivity contribution in [2.75, 3.05) is 13.1 Å². The number of fused-ring (bicyclic) bond motifs is 1. The molecule has 118 valence electrons. The molecule has 1 unspecified atom stereocenters. The standard InChI is InChI=1S/C15H16BrN3O2.ClH/c16-9-3-4-13-11(6-9)12(7-14(20)19-13)15(21)18-10-2-1-5-17-8-10;/h3-4,6-7,10,17H,1-2,5,8H2,(H,18,21)(H,19,20);1H. The molecule has 1 aliphatic heterocycles. The van der Waals surface area contributed by atoms with Crippen LogP contribution < -0.4 is 16.2 Å². The van der Waals surface area contributed by atoms with E-state index in [1.165, 1.54) is 6.07 Å². The fraction of sp³-hybridized carbons (Fsp3) is 0.333. The first-order chi connectivity index (χ1) is 10.1. The summed E-state index contributed by atoms with van der Waals surface area (Å²) >= 11 is 3.40. The first-order valence-electron chi connectivity index (χ1n) is 6.97. The second kappa shape index (κ2) is 7.26. The molecule has 0 spiro atoms. The van der Waals surface area contributed by atoms with Crippen LogP contribution >= 0.6 is 28.3 Å². The Kier molecular flexibility index (Phi) is 5.61. The highest BCUT2D eigenvalue weighted by Gasteiger charge is 2.18. The van der Waals surface area contributed by atoms with E-state index < -0.39 is 0 Å². The summed E-state index contributed by atoms with van der Waals surface area (Å²) in [6.07, 6.45) is 2.01. The Bertz CT molecular complexity index is 741. The van der Waals surface area contributed by atoms with E-state index in [4.69, 9.17) is 0 Å². The van der Waals surface area contributed by atoms with Gasteiger partial charge in [0.1, 0.15) is 0 Å². The summed E-state index contributed by atoms with van der Waals surface area (Å²) in [7, 11) is 0. The zero-order valence-corrected chi connectivity index (χ0v) is 14.2. The van der Waals surface area contributed by atoms with Gasteiger partial charge in [-0.3, -0.25) is 9.59 Å². The van der Waals surface area contributed by atoms with Gasteiger partial charge in [0, 0.05) is 34.0 Å². The van der Waals surface area contributed by atoms with E-state index in [1.54, 1.807) is 6.07 Å². The number of carbonyl (C=O) groups is 1. The van der Waals surface area contributed by atoms with Crippen molar-refractivity contribution in [1.82, 2.24) is 15.6 Å². The monoisotopic (exact) mass is 385 g/mol. The molecule has 0 aliphatic carbocycles. The van der Waals surface area contributed by atoms with Gasteiger partial charge in [-0.25, -0.2) is 0 Å². The highest BCUT2D eigenvalue weighted by Crippen LogP contribution is 2.20. The van der Waals surface area contributed by atoms with Crippen LogP contribution in [0.5, 0.6) is 0 Å². The van der Waals surface area contributed by atoms with Gasteiger partial charge in [-0.1, -0.05) is 15.9 Å². The van der Waals surface area contributed by atoms with E-state index in [1.807, 2.05) is 12.1 Å². The molecule has 3 rings (SSSR count). The summed E-state index contributed by atoms with van der Waals surface area (Å²) in [5.74, 6) is -0.196. The number of rotatable bonds is 2. The van der Waals surface area contributed by atoms with Gasteiger partial charge in [0.2, 0.25) is 5.56 Å². The number of halogens is 2. The molecule has 1 aromatic heterocycles. The summed E-state index contributed by atoms with van der Waals surface area (Å²) in [5, 5.41) is 7.00. The van der Waals surface area contributed by atoms with Gasteiger partial charge in [0.15, 0.2) is 0 Å². The number of aromatic nitrogens is 1. The number of benzene rings is 1.